The van der Waals surface area contributed by atoms with Gasteiger partial charge in [0, 0.05) is 44.2 Å². The van der Waals surface area contributed by atoms with Crippen LogP contribution < -0.4 is 9.47 Å². The number of allylic oxidation sites excluding steroid dienone is 1. The summed E-state index contributed by atoms with van der Waals surface area (Å²) in [6.07, 6.45) is 20.0. The van der Waals surface area contributed by atoms with Crippen LogP contribution in [0, 0.1) is 27.9 Å². The van der Waals surface area contributed by atoms with Crippen molar-refractivity contribution in [3.63, 3.8) is 0 Å². The first-order chi connectivity index (χ1) is 29.7. The van der Waals surface area contributed by atoms with Gasteiger partial charge in [-0.1, -0.05) is 101 Å². The number of nitro groups is 1. The quantitative estimate of drug-likeness (QED) is 0.0383. The van der Waals surface area contributed by atoms with Gasteiger partial charge in [0.1, 0.15) is 30.4 Å². The van der Waals surface area contributed by atoms with Crippen LogP contribution in [0.4, 0.5) is 10.5 Å². The van der Waals surface area contributed by atoms with Crippen LogP contribution in [0.2, 0.25) is 0 Å². The zero-order chi connectivity index (χ0) is 43.6. The summed E-state index contributed by atoms with van der Waals surface area (Å²) in [5.74, 6) is -0.662. The third-order valence-corrected chi connectivity index (χ3v) is 12.6. The minimum absolute atomic E-state index is 0.0255. The molecule has 13 heteroatoms. The first-order valence-electron chi connectivity index (χ1n) is 22.7. The van der Waals surface area contributed by atoms with Crippen LogP contribution in [0.15, 0.2) is 71.9 Å². The maximum Gasteiger partial charge on any atom is 0.409 e. The molecule has 1 amide bonds. The molecule has 3 aliphatic rings. The van der Waals surface area contributed by atoms with Gasteiger partial charge in [-0.05, 0) is 73.8 Å². The zero-order valence-corrected chi connectivity index (χ0v) is 36.6. The fourth-order valence-electron chi connectivity index (χ4n) is 9.68. The van der Waals surface area contributed by atoms with Gasteiger partial charge in [-0.15, -0.1) is 6.58 Å². The number of oxime groups is 1. The van der Waals surface area contributed by atoms with E-state index in [1.165, 1.54) is 64.2 Å². The molecule has 1 aliphatic heterocycles. The molecule has 0 bridgehead atoms. The van der Waals surface area contributed by atoms with Gasteiger partial charge in [0.25, 0.3) is 5.69 Å². The molecule has 13 nitrogen and oxygen atoms in total. The van der Waals surface area contributed by atoms with Gasteiger partial charge < -0.3 is 38.9 Å². The van der Waals surface area contributed by atoms with Crippen LogP contribution in [0.5, 0.6) is 17.2 Å². The number of amides is 1. The second kappa shape index (κ2) is 24.2. The molecule has 2 N–H and O–H groups in total. The predicted molar refractivity (Wildman–Crippen MR) is 236 cm³/mol. The monoisotopic (exact) mass is 847 g/mol. The number of non-ortho nitro benzene ring substituents is 1. The van der Waals surface area contributed by atoms with Gasteiger partial charge in [0.05, 0.1) is 35.8 Å². The van der Waals surface area contributed by atoms with Crippen LogP contribution in [0.1, 0.15) is 128 Å². The Bertz CT molecular complexity index is 1780. The molecule has 1 fully saturated rings. The molecule has 0 radical (unpaired) electrons. The van der Waals surface area contributed by atoms with E-state index in [1.54, 1.807) is 36.2 Å². The smallest absolute Gasteiger partial charge is 0.409 e. The highest BCUT2D eigenvalue weighted by molar-refractivity contribution is 6.02. The minimum Gasteiger partial charge on any atom is -0.459 e. The van der Waals surface area contributed by atoms with E-state index in [2.05, 4.69) is 24.7 Å². The topological polar surface area (TPSA) is 162 Å². The summed E-state index contributed by atoms with van der Waals surface area (Å²) in [6.45, 7) is 6.83. The lowest BCUT2D eigenvalue weighted by Gasteiger charge is -2.59. The molecule has 5 rings (SSSR count). The molecule has 1 heterocycles. The van der Waals surface area contributed by atoms with Crippen molar-refractivity contribution in [2.24, 2.45) is 22.9 Å². The highest BCUT2D eigenvalue weighted by Gasteiger charge is 2.65. The van der Waals surface area contributed by atoms with Crippen molar-refractivity contribution in [3.05, 3.63) is 82.4 Å². The van der Waals surface area contributed by atoms with Crippen molar-refractivity contribution >= 4 is 17.5 Å². The highest BCUT2D eigenvalue weighted by Crippen LogP contribution is 2.62. The van der Waals surface area contributed by atoms with Gasteiger partial charge >= 0.3 is 6.09 Å². The van der Waals surface area contributed by atoms with E-state index >= 15 is 0 Å². The van der Waals surface area contributed by atoms with Crippen LogP contribution >= 0.6 is 0 Å². The molecule has 61 heavy (non-hydrogen) atoms. The van der Waals surface area contributed by atoms with Gasteiger partial charge in [-0.2, -0.15) is 0 Å². The normalized spacial score (nSPS) is 23.3. The molecular formula is C48H69N3O10. The number of aliphatic hydroxyl groups is 2. The summed E-state index contributed by atoms with van der Waals surface area (Å²) in [7, 11) is 3.25. The number of benzene rings is 2. The van der Waals surface area contributed by atoms with E-state index in [9.17, 15) is 25.1 Å². The van der Waals surface area contributed by atoms with Gasteiger partial charge in [-0.3, -0.25) is 10.1 Å². The van der Waals surface area contributed by atoms with E-state index < -0.39 is 28.8 Å². The average molecular weight is 848 g/mol. The van der Waals surface area contributed by atoms with E-state index in [-0.39, 0.29) is 49.7 Å². The molecule has 2 aliphatic carbocycles. The lowest BCUT2D eigenvalue weighted by Crippen LogP contribution is -2.69. The maximum absolute atomic E-state index is 14.1. The molecule has 2 aromatic rings. The number of aliphatic hydroxyl groups excluding tert-OH is 2. The van der Waals surface area contributed by atoms with Gasteiger partial charge in [0.2, 0.25) is 5.79 Å². The number of ether oxygens (including phenoxy) is 4. The fourth-order valence-corrected chi connectivity index (χ4v) is 9.68. The number of carbonyl (C=O) groups excluding carboxylic acids is 1. The molecule has 1 saturated carbocycles. The first-order valence-corrected chi connectivity index (χ1v) is 22.7. The van der Waals surface area contributed by atoms with Crippen molar-refractivity contribution in [3.8, 4) is 17.2 Å². The Morgan fingerprint density at radius 2 is 1.66 bits per heavy atom. The third-order valence-electron chi connectivity index (χ3n) is 12.6. The molecule has 6 atom stereocenters. The van der Waals surface area contributed by atoms with Crippen molar-refractivity contribution in [1.29, 1.82) is 0 Å². The lowest BCUT2D eigenvalue weighted by molar-refractivity contribution is -0.384. The van der Waals surface area contributed by atoms with E-state index in [4.69, 9.17) is 23.8 Å². The summed E-state index contributed by atoms with van der Waals surface area (Å²) in [5.41, 5.74) is 2.40. The van der Waals surface area contributed by atoms with Crippen molar-refractivity contribution in [2.45, 2.75) is 134 Å². The minimum atomic E-state index is -1.40. The Morgan fingerprint density at radius 3 is 2.33 bits per heavy atom. The largest absolute Gasteiger partial charge is 0.459 e. The second-order valence-electron chi connectivity index (χ2n) is 16.7. The Morgan fingerprint density at radius 1 is 0.967 bits per heavy atom. The van der Waals surface area contributed by atoms with Gasteiger partial charge in [-0.25, -0.2) is 4.79 Å². The summed E-state index contributed by atoms with van der Waals surface area (Å²) >= 11 is 0. The number of hydrogen-bond donors (Lipinski definition) is 2. The SMILES string of the molecule is C=CCO[C@@]12Oc3ccc(Oc4cccc([N+](=O)[O-])c4)cc3[C@H]3[C@H](CCCCO)[C@@H](CCCCO)C=C(C(=NOC)C[C@@H]1N(C)C(=O)OCCCCCCCCCCCC)[C@H]32. The Balaban J connectivity index is 1.52. The summed E-state index contributed by atoms with van der Waals surface area (Å²) < 4.78 is 26.3. The van der Waals surface area contributed by atoms with Crippen molar-refractivity contribution in [1.82, 2.24) is 4.90 Å². The van der Waals surface area contributed by atoms with E-state index in [1.807, 2.05) is 12.1 Å². The Kier molecular flexibility index (Phi) is 18.9. The van der Waals surface area contributed by atoms with Crippen LogP contribution in [-0.4, -0.2) is 84.3 Å². The molecule has 336 valence electrons. The van der Waals surface area contributed by atoms with Crippen molar-refractivity contribution < 1.29 is 43.7 Å². The summed E-state index contributed by atoms with van der Waals surface area (Å²) in [6, 6.07) is 11.0. The molecule has 2 aromatic carbocycles. The molecule has 0 aromatic heterocycles. The Labute approximate surface area is 362 Å². The average Bonchev–Trinajstić information content (AvgIpc) is 3.26. The number of likely N-dealkylation sites (N-methyl/N-ethyl adjacent to an activating group) is 1. The zero-order valence-electron chi connectivity index (χ0n) is 36.6. The summed E-state index contributed by atoms with van der Waals surface area (Å²) in [5, 5.41) is 35.9. The number of hydrogen-bond acceptors (Lipinski definition) is 11. The predicted octanol–water partition coefficient (Wildman–Crippen LogP) is 10.6. The molecule has 0 unspecified atom stereocenters. The third kappa shape index (κ3) is 12.1. The Hall–Kier alpha value is -4.46. The van der Waals surface area contributed by atoms with Crippen LogP contribution in [-0.2, 0) is 14.3 Å². The molecule has 0 saturated heterocycles. The summed E-state index contributed by atoms with van der Waals surface area (Å²) in [4.78, 5) is 32.3. The lowest BCUT2D eigenvalue weighted by atomic mass is 9.55. The van der Waals surface area contributed by atoms with E-state index in [0.29, 0.717) is 42.4 Å². The second-order valence-corrected chi connectivity index (χ2v) is 16.7. The van der Waals surface area contributed by atoms with E-state index in [0.717, 1.165) is 56.1 Å². The number of fused-ring (bicyclic) bond motifs is 2. The van der Waals surface area contributed by atoms with Gasteiger partial charge in [0.15, 0.2) is 0 Å². The highest BCUT2D eigenvalue weighted by atomic mass is 16.7. The number of rotatable bonds is 27. The molecule has 0 spiro atoms. The maximum atomic E-state index is 14.1. The number of carbonyl (C=O) groups is 1. The standard InChI is InChI=1S/C48H69N3O10/c1-5-7-8-9-10-11-12-13-14-19-30-58-47(54)50(3)44-34-42(49-57-4)40-31-35(21-15-17-27-52)39(24-16-18-28-53)45-41-33-38(60-37-23-20-22-36(32-37)51(55)56)25-26-43(41)61-48(44,46(40)45)59-29-6-2/h6,20,22-23,25-26,31-33,35,39,44-46,52-53H,2,5,7-19,21,24,27-30,34H2,1,3-4H3/t35-,39+,44-,45+,46+,48+/m0/s1. The van der Waals surface area contributed by atoms with Crippen LogP contribution in [0.3, 0.4) is 0 Å². The van der Waals surface area contributed by atoms with Crippen LogP contribution in [0.25, 0.3) is 0 Å². The first kappa shape index (κ1) is 47.6. The number of unbranched alkanes of at least 4 members (excludes halogenated alkanes) is 11. The number of nitrogens with zero attached hydrogens (tertiary/aromatic N) is 3. The molecular weight excluding hydrogens is 779 g/mol. The van der Waals surface area contributed by atoms with Crippen molar-refractivity contribution in [2.75, 3.05) is 40.6 Å². The number of nitro benzene ring substituents is 1. The fraction of sp³-hybridized carbons (Fsp3) is 0.625.